The monoisotopic (exact) mass is 283 g/mol. The number of aromatic nitrogens is 2. The predicted octanol–water partition coefficient (Wildman–Crippen LogP) is 2.59. The van der Waals surface area contributed by atoms with E-state index in [-0.39, 0.29) is 5.56 Å². The summed E-state index contributed by atoms with van der Waals surface area (Å²) in [5, 5.41) is 4.21. The number of aromatic amines is 1. The third kappa shape index (κ3) is 6.25. The van der Waals surface area contributed by atoms with Crippen molar-refractivity contribution < 1.29 is 0 Å². The Labute approximate surface area is 119 Å². The number of aryl methyl sites for hydroxylation is 1. The van der Waals surface area contributed by atoms with E-state index in [1.54, 1.807) is 17.8 Å². The van der Waals surface area contributed by atoms with E-state index >= 15 is 0 Å². The minimum absolute atomic E-state index is 0.0450. The van der Waals surface area contributed by atoms with Gasteiger partial charge in [-0.15, -0.1) is 0 Å². The second-order valence-electron chi connectivity index (χ2n) is 4.65. The second kappa shape index (κ2) is 9.15. The van der Waals surface area contributed by atoms with E-state index in [0.29, 0.717) is 6.04 Å². The molecule has 0 saturated heterocycles. The minimum Gasteiger partial charge on any atom is -0.313 e. The maximum Gasteiger partial charge on any atom is 0.251 e. The third-order valence-electron chi connectivity index (χ3n) is 2.83. The van der Waals surface area contributed by atoms with Gasteiger partial charge in [0.1, 0.15) is 0 Å². The van der Waals surface area contributed by atoms with Crippen molar-refractivity contribution in [3.63, 3.8) is 0 Å². The molecule has 1 aromatic heterocycles. The summed E-state index contributed by atoms with van der Waals surface area (Å²) >= 11 is 1.63. The van der Waals surface area contributed by atoms with Crippen LogP contribution in [0, 0.1) is 0 Å². The van der Waals surface area contributed by atoms with Crippen molar-refractivity contribution >= 4 is 11.8 Å². The molecule has 0 aliphatic carbocycles. The van der Waals surface area contributed by atoms with E-state index in [0.717, 1.165) is 48.8 Å². The Morgan fingerprint density at radius 3 is 2.79 bits per heavy atom. The number of H-pyrrole nitrogens is 1. The number of hydrogen-bond acceptors (Lipinski definition) is 4. The van der Waals surface area contributed by atoms with Crippen molar-refractivity contribution in [2.75, 3.05) is 12.3 Å². The fourth-order valence-electron chi connectivity index (χ4n) is 2.00. The van der Waals surface area contributed by atoms with Crippen molar-refractivity contribution in [3.8, 4) is 0 Å². The van der Waals surface area contributed by atoms with Gasteiger partial charge in [-0.3, -0.25) is 4.79 Å². The van der Waals surface area contributed by atoms with Crippen LogP contribution in [0.25, 0.3) is 0 Å². The molecule has 5 heteroatoms. The van der Waals surface area contributed by atoms with E-state index in [1.807, 2.05) is 0 Å². The molecule has 108 valence electrons. The van der Waals surface area contributed by atoms with Crippen LogP contribution in [0.1, 0.15) is 45.7 Å². The maximum atomic E-state index is 11.6. The summed E-state index contributed by atoms with van der Waals surface area (Å²) in [4.78, 5) is 18.9. The van der Waals surface area contributed by atoms with Gasteiger partial charge in [0.15, 0.2) is 5.16 Å². The molecule has 0 bridgehead atoms. The standard InChI is InChI=1S/C14H25N3OS/c1-4-7-11-9-13(18)17-14(16-11)19-10-12(8-5-2)15-6-3/h9,12,15H,4-8,10H2,1-3H3,(H,16,17,18). The van der Waals surface area contributed by atoms with Gasteiger partial charge in [0.05, 0.1) is 0 Å². The molecular formula is C14H25N3OS. The zero-order valence-electron chi connectivity index (χ0n) is 12.2. The van der Waals surface area contributed by atoms with Gasteiger partial charge in [-0.05, 0) is 19.4 Å². The lowest BCUT2D eigenvalue weighted by molar-refractivity contribution is 0.531. The fraction of sp³-hybridized carbons (Fsp3) is 0.714. The van der Waals surface area contributed by atoms with Gasteiger partial charge in [-0.25, -0.2) is 4.98 Å². The van der Waals surface area contributed by atoms with Crippen molar-refractivity contribution in [1.82, 2.24) is 15.3 Å². The van der Waals surface area contributed by atoms with E-state index in [4.69, 9.17) is 0 Å². The van der Waals surface area contributed by atoms with Crippen LogP contribution in [-0.2, 0) is 6.42 Å². The first-order chi connectivity index (χ1) is 9.19. The number of thioether (sulfide) groups is 1. The molecule has 0 saturated carbocycles. The molecule has 2 N–H and O–H groups in total. The molecule has 0 radical (unpaired) electrons. The quantitative estimate of drug-likeness (QED) is 0.540. The fourth-order valence-corrected chi connectivity index (χ4v) is 3.00. The first kappa shape index (κ1) is 16.2. The largest absolute Gasteiger partial charge is 0.313 e. The summed E-state index contributed by atoms with van der Waals surface area (Å²) in [5.74, 6) is 0.945. The van der Waals surface area contributed by atoms with E-state index in [2.05, 4.69) is 36.1 Å². The molecule has 0 fully saturated rings. The molecule has 0 aliphatic heterocycles. The lowest BCUT2D eigenvalue weighted by Crippen LogP contribution is -2.31. The molecule has 0 amide bonds. The van der Waals surface area contributed by atoms with E-state index in [1.165, 1.54) is 0 Å². The molecule has 1 atom stereocenters. The van der Waals surface area contributed by atoms with Crippen molar-refractivity contribution in [3.05, 3.63) is 22.1 Å². The van der Waals surface area contributed by atoms with Crippen LogP contribution in [0.5, 0.6) is 0 Å². The van der Waals surface area contributed by atoms with Crippen LogP contribution < -0.4 is 10.9 Å². The molecule has 0 spiro atoms. The maximum absolute atomic E-state index is 11.6. The van der Waals surface area contributed by atoms with Crippen molar-refractivity contribution in [2.45, 2.75) is 57.7 Å². The molecule has 4 nitrogen and oxygen atoms in total. The summed E-state index contributed by atoms with van der Waals surface area (Å²) in [6, 6.07) is 2.08. The van der Waals surface area contributed by atoms with E-state index in [9.17, 15) is 4.79 Å². The van der Waals surface area contributed by atoms with Gasteiger partial charge in [0, 0.05) is 23.6 Å². The molecule has 19 heavy (non-hydrogen) atoms. The number of nitrogens with zero attached hydrogens (tertiary/aromatic N) is 1. The topological polar surface area (TPSA) is 57.8 Å². The van der Waals surface area contributed by atoms with Crippen LogP contribution in [0.2, 0.25) is 0 Å². The Kier molecular flexibility index (Phi) is 7.82. The van der Waals surface area contributed by atoms with Crippen LogP contribution in [0.3, 0.4) is 0 Å². The van der Waals surface area contributed by atoms with Crippen LogP contribution in [0.4, 0.5) is 0 Å². The summed E-state index contributed by atoms with van der Waals surface area (Å²) in [6.07, 6.45) is 4.19. The smallest absolute Gasteiger partial charge is 0.251 e. The zero-order valence-corrected chi connectivity index (χ0v) is 13.0. The SMILES string of the molecule is CCCc1cc(=O)[nH]c(SCC(CCC)NCC)n1. The van der Waals surface area contributed by atoms with Gasteiger partial charge in [-0.2, -0.15) is 0 Å². The van der Waals surface area contributed by atoms with Crippen molar-refractivity contribution in [1.29, 1.82) is 0 Å². The first-order valence-corrected chi connectivity index (χ1v) is 8.14. The average molecular weight is 283 g/mol. The third-order valence-corrected chi connectivity index (χ3v) is 3.87. The van der Waals surface area contributed by atoms with Gasteiger partial charge < -0.3 is 10.3 Å². The Balaban J connectivity index is 2.62. The first-order valence-electron chi connectivity index (χ1n) is 7.16. The van der Waals surface area contributed by atoms with E-state index < -0.39 is 0 Å². The predicted molar refractivity (Wildman–Crippen MR) is 81.9 cm³/mol. The molecule has 1 unspecified atom stereocenters. The number of hydrogen-bond donors (Lipinski definition) is 2. The highest BCUT2D eigenvalue weighted by molar-refractivity contribution is 7.99. The highest BCUT2D eigenvalue weighted by Crippen LogP contribution is 2.15. The summed E-state index contributed by atoms with van der Waals surface area (Å²) in [5.41, 5.74) is 0.848. The molecule has 0 aromatic carbocycles. The molecule has 1 heterocycles. The Hall–Kier alpha value is -0.810. The number of rotatable bonds is 9. The minimum atomic E-state index is -0.0450. The number of nitrogens with one attached hydrogen (secondary N) is 2. The lowest BCUT2D eigenvalue weighted by atomic mass is 10.2. The van der Waals surface area contributed by atoms with Gasteiger partial charge >= 0.3 is 0 Å². The molecular weight excluding hydrogens is 258 g/mol. The van der Waals surface area contributed by atoms with Crippen LogP contribution in [-0.4, -0.2) is 28.3 Å². The lowest BCUT2D eigenvalue weighted by Gasteiger charge is -2.16. The summed E-state index contributed by atoms with van der Waals surface area (Å²) in [6.45, 7) is 7.38. The zero-order chi connectivity index (χ0) is 14.1. The normalized spacial score (nSPS) is 12.6. The second-order valence-corrected chi connectivity index (χ2v) is 5.65. The highest BCUT2D eigenvalue weighted by atomic mass is 32.2. The molecule has 0 aliphatic rings. The Morgan fingerprint density at radius 2 is 2.16 bits per heavy atom. The summed E-state index contributed by atoms with van der Waals surface area (Å²) in [7, 11) is 0. The van der Waals surface area contributed by atoms with Crippen molar-refractivity contribution in [2.24, 2.45) is 0 Å². The Morgan fingerprint density at radius 1 is 1.37 bits per heavy atom. The van der Waals surface area contributed by atoms with Gasteiger partial charge in [-0.1, -0.05) is 45.4 Å². The van der Waals surface area contributed by atoms with Crippen LogP contribution in [0.15, 0.2) is 16.0 Å². The summed E-state index contributed by atoms with van der Waals surface area (Å²) < 4.78 is 0. The Bertz CT molecular complexity index is 413. The molecule has 1 aromatic rings. The van der Waals surface area contributed by atoms with Gasteiger partial charge in [0.25, 0.3) is 5.56 Å². The van der Waals surface area contributed by atoms with Gasteiger partial charge in [0.2, 0.25) is 0 Å². The van der Waals surface area contributed by atoms with Crippen LogP contribution >= 0.6 is 11.8 Å². The highest BCUT2D eigenvalue weighted by Gasteiger charge is 2.08. The molecule has 1 rings (SSSR count). The average Bonchev–Trinajstić information content (AvgIpc) is 2.36.